The smallest absolute Gasteiger partial charge is 0.230 e. The number of ether oxygens (including phenoxy) is 2. The van der Waals surface area contributed by atoms with Crippen LogP contribution in [-0.2, 0) is 17.9 Å². The first-order valence-corrected chi connectivity index (χ1v) is 10.3. The number of amides is 1. The lowest BCUT2D eigenvalue weighted by Gasteiger charge is -2.11. The molecule has 1 N–H and O–H groups in total. The predicted molar refractivity (Wildman–Crippen MR) is 118 cm³/mol. The second kappa shape index (κ2) is 10.5. The summed E-state index contributed by atoms with van der Waals surface area (Å²) in [5, 5.41) is 12.2. The van der Waals surface area contributed by atoms with Crippen LogP contribution in [-0.4, -0.2) is 40.6 Å². The van der Waals surface area contributed by atoms with Gasteiger partial charge >= 0.3 is 0 Å². The number of nitrogens with one attached hydrogen (secondary N) is 1. The molecule has 156 valence electrons. The highest BCUT2D eigenvalue weighted by Crippen LogP contribution is 2.32. The van der Waals surface area contributed by atoms with Gasteiger partial charge in [0, 0.05) is 18.7 Å². The zero-order chi connectivity index (χ0) is 21.3. The number of aromatic nitrogens is 3. The van der Waals surface area contributed by atoms with Gasteiger partial charge in [-0.15, -0.1) is 16.8 Å². The molecule has 0 radical (unpaired) electrons. The summed E-state index contributed by atoms with van der Waals surface area (Å²) < 4.78 is 12.6. The van der Waals surface area contributed by atoms with Crippen LogP contribution in [0.25, 0.3) is 11.4 Å². The van der Waals surface area contributed by atoms with Gasteiger partial charge in [0.1, 0.15) is 0 Å². The van der Waals surface area contributed by atoms with Gasteiger partial charge in [-0.2, -0.15) is 0 Å². The maximum Gasteiger partial charge on any atom is 0.230 e. The molecule has 1 heterocycles. The van der Waals surface area contributed by atoms with Crippen LogP contribution in [0.5, 0.6) is 11.5 Å². The maximum absolute atomic E-state index is 12.2. The van der Waals surface area contributed by atoms with E-state index < -0.39 is 0 Å². The second-order valence-electron chi connectivity index (χ2n) is 6.33. The molecule has 30 heavy (non-hydrogen) atoms. The molecule has 0 aliphatic heterocycles. The van der Waals surface area contributed by atoms with Gasteiger partial charge in [-0.3, -0.25) is 9.36 Å². The molecule has 0 spiro atoms. The average Bonchev–Trinajstić information content (AvgIpc) is 3.19. The van der Waals surface area contributed by atoms with E-state index >= 15 is 0 Å². The minimum Gasteiger partial charge on any atom is -0.493 e. The molecule has 8 heteroatoms. The lowest BCUT2D eigenvalue weighted by Crippen LogP contribution is -2.24. The molecule has 0 saturated heterocycles. The van der Waals surface area contributed by atoms with Crippen LogP contribution in [0.4, 0.5) is 0 Å². The fourth-order valence-electron chi connectivity index (χ4n) is 2.86. The number of carbonyl (C=O) groups excluding carboxylic acids is 1. The topological polar surface area (TPSA) is 78.3 Å². The first-order valence-electron chi connectivity index (χ1n) is 9.36. The van der Waals surface area contributed by atoms with Crippen molar-refractivity contribution in [1.82, 2.24) is 20.1 Å². The summed E-state index contributed by atoms with van der Waals surface area (Å²) in [5.74, 6) is 2.10. The molecule has 0 aliphatic carbocycles. The molecule has 0 unspecified atom stereocenters. The molecule has 1 aromatic heterocycles. The van der Waals surface area contributed by atoms with Crippen LogP contribution >= 0.6 is 11.8 Å². The zero-order valence-corrected chi connectivity index (χ0v) is 17.8. The molecule has 1 amide bonds. The number of benzene rings is 2. The van der Waals surface area contributed by atoms with Crippen LogP contribution in [0.3, 0.4) is 0 Å². The number of hydrogen-bond acceptors (Lipinski definition) is 6. The molecule has 0 saturated carbocycles. The van der Waals surface area contributed by atoms with E-state index in [1.165, 1.54) is 11.8 Å². The summed E-state index contributed by atoms with van der Waals surface area (Å²) in [7, 11) is 3.18. The minimum absolute atomic E-state index is 0.0651. The van der Waals surface area contributed by atoms with Crippen LogP contribution in [0.1, 0.15) is 5.56 Å². The van der Waals surface area contributed by atoms with Gasteiger partial charge in [0.15, 0.2) is 22.5 Å². The van der Waals surface area contributed by atoms with Crippen LogP contribution in [0.2, 0.25) is 0 Å². The van der Waals surface area contributed by atoms with Crippen molar-refractivity contribution in [1.29, 1.82) is 0 Å². The molecule has 3 aromatic rings. The lowest BCUT2D eigenvalue weighted by molar-refractivity contribution is -0.118. The zero-order valence-electron chi connectivity index (χ0n) is 17.0. The highest BCUT2D eigenvalue weighted by Gasteiger charge is 2.16. The van der Waals surface area contributed by atoms with E-state index in [2.05, 4.69) is 22.1 Å². The highest BCUT2D eigenvalue weighted by molar-refractivity contribution is 7.99. The van der Waals surface area contributed by atoms with Gasteiger partial charge in [0.25, 0.3) is 0 Å². The summed E-state index contributed by atoms with van der Waals surface area (Å²) in [6.07, 6.45) is 1.77. The largest absolute Gasteiger partial charge is 0.493 e. The van der Waals surface area contributed by atoms with Crippen molar-refractivity contribution < 1.29 is 14.3 Å². The Morgan fingerprint density at radius 1 is 1.13 bits per heavy atom. The fraction of sp³-hybridized carbons (Fsp3) is 0.227. The van der Waals surface area contributed by atoms with Gasteiger partial charge in [-0.05, 0) is 23.8 Å². The number of thioether (sulfide) groups is 1. The Labute approximate surface area is 180 Å². The highest BCUT2D eigenvalue weighted by atomic mass is 32.2. The van der Waals surface area contributed by atoms with Crippen molar-refractivity contribution >= 4 is 17.7 Å². The fourth-order valence-corrected chi connectivity index (χ4v) is 3.63. The standard InChI is InChI=1S/C22H24N4O3S/c1-4-12-26-21(17-10-11-18(28-2)19(13-17)29-3)24-25-22(26)30-15-20(27)23-14-16-8-6-5-7-9-16/h4-11,13H,1,12,14-15H2,2-3H3,(H,23,27). The summed E-state index contributed by atoms with van der Waals surface area (Å²) in [5.41, 5.74) is 1.89. The van der Waals surface area contributed by atoms with Crippen molar-refractivity contribution in [3.63, 3.8) is 0 Å². The molecular weight excluding hydrogens is 400 g/mol. The lowest BCUT2D eigenvalue weighted by atomic mass is 10.2. The predicted octanol–water partition coefficient (Wildman–Crippen LogP) is 3.56. The monoisotopic (exact) mass is 424 g/mol. The molecule has 3 rings (SSSR count). The van der Waals surface area contributed by atoms with E-state index in [0.717, 1.165) is 11.1 Å². The number of nitrogens with zero attached hydrogens (tertiary/aromatic N) is 3. The van der Waals surface area contributed by atoms with E-state index in [1.54, 1.807) is 20.3 Å². The van der Waals surface area contributed by atoms with Crippen molar-refractivity contribution in [2.75, 3.05) is 20.0 Å². The number of rotatable bonds is 10. The molecule has 2 aromatic carbocycles. The summed E-state index contributed by atoms with van der Waals surface area (Å²) in [6, 6.07) is 15.4. The van der Waals surface area contributed by atoms with E-state index in [1.807, 2.05) is 53.1 Å². The van der Waals surface area contributed by atoms with Crippen LogP contribution < -0.4 is 14.8 Å². The molecule has 7 nitrogen and oxygen atoms in total. The third-order valence-electron chi connectivity index (χ3n) is 4.34. The van der Waals surface area contributed by atoms with Crippen molar-refractivity contribution in [3.8, 4) is 22.9 Å². The van der Waals surface area contributed by atoms with Crippen LogP contribution in [0, 0.1) is 0 Å². The summed E-state index contributed by atoms with van der Waals surface area (Å²) in [4.78, 5) is 12.2. The van der Waals surface area contributed by atoms with Crippen molar-refractivity contribution in [2.24, 2.45) is 0 Å². The quantitative estimate of drug-likeness (QED) is 0.396. The average molecular weight is 425 g/mol. The number of carbonyl (C=O) groups is 1. The third kappa shape index (κ3) is 5.21. The summed E-state index contributed by atoms with van der Waals surface area (Å²) >= 11 is 1.34. The van der Waals surface area contributed by atoms with Gasteiger partial charge < -0.3 is 14.8 Å². The molecular formula is C22H24N4O3S. The second-order valence-corrected chi connectivity index (χ2v) is 7.27. The molecule has 0 bridgehead atoms. The first-order chi connectivity index (χ1) is 14.7. The van der Waals surface area contributed by atoms with E-state index in [4.69, 9.17) is 9.47 Å². The number of methoxy groups -OCH3 is 2. The Hall–Kier alpha value is -3.26. The van der Waals surface area contributed by atoms with Crippen molar-refractivity contribution in [2.45, 2.75) is 18.2 Å². The van der Waals surface area contributed by atoms with Gasteiger partial charge in [0.05, 0.1) is 20.0 Å². The Balaban J connectivity index is 1.71. The van der Waals surface area contributed by atoms with Gasteiger partial charge in [-0.1, -0.05) is 48.2 Å². The molecule has 0 atom stereocenters. The van der Waals surface area contributed by atoms with E-state index in [9.17, 15) is 4.79 Å². The van der Waals surface area contributed by atoms with Crippen molar-refractivity contribution in [3.05, 3.63) is 66.7 Å². The third-order valence-corrected chi connectivity index (χ3v) is 5.30. The molecule has 0 fully saturated rings. The minimum atomic E-state index is -0.0651. The SMILES string of the molecule is C=CCn1c(SCC(=O)NCc2ccccc2)nnc1-c1ccc(OC)c(OC)c1. The normalized spacial score (nSPS) is 10.5. The van der Waals surface area contributed by atoms with E-state index in [-0.39, 0.29) is 11.7 Å². The Morgan fingerprint density at radius 3 is 2.60 bits per heavy atom. The maximum atomic E-state index is 12.2. The van der Waals surface area contributed by atoms with Gasteiger partial charge in [0.2, 0.25) is 5.91 Å². The van der Waals surface area contributed by atoms with Crippen LogP contribution in [0.15, 0.2) is 66.3 Å². The number of hydrogen-bond donors (Lipinski definition) is 1. The summed E-state index contributed by atoms with van der Waals surface area (Å²) in [6.45, 7) is 4.84. The Bertz CT molecular complexity index is 1000. The molecule has 0 aliphatic rings. The number of allylic oxidation sites excluding steroid dienone is 1. The Morgan fingerprint density at radius 2 is 1.90 bits per heavy atom. The van der Waals surface area contributed by atoms with E-state index in [0.29, 0.717) is 35.6 Å². The Kier molecular flexibility index (Phi) is 7.51. The first kappa shape index (κ1) is 21.4. The van der Waals surface area contributed by atoms with Gasteiger partial charge in [-0.25, -0.2) is 0 Å².